The monoisotopic (exact) mass is 223 g/mol. The lowest BCUT2D eigenvalue weighted by atomic mass is 10.1. The zero-order chi connectivity index (χ0) is 10.7. The minimum Gasteiger partial charge on any atom is -0.506 e. The fraction of sp³-hybridized carbons (Fsp3) is 0.375. The summed E-state index contributed by atoms with van der Waals surface area (Å²) < 4.78 is 25.0. The summed E-state index contributed by atoms with van der Waals surface area (Å²) in [5.41, 5.74) is -0.725. The summed E-state index contributed by atoms with van der Waals surface area (Å²) in [7, 11) is 0. The van der Waals surface area contributed by atoms with Crippen molar-refractivity contribution in [2.75, 3.05) is 0 Å². The molecule has 1 heterocycles. The Bertz CT molecular complexity index is 333. The molecule has 0 aliphatic heterocycles. The highest BCUT2D eigenvalue weighted by atomic mass is 35.5. The average molecular weight is 224 g/mol. The molecule has 14 heavy (non-hydrogen) atoms. The normalized spacial score (nSPS) is 10.9. The van der Waals surface area contributed by atoms with E-state index in [1.54, 1.807) is 0 Å². The van der Waals surface area contributed by atoms with Crippen molar-refractivity contribution >= 4 is 11.6 Å². The van der Waals surface area contributed by atoms with Crippen molar-refractivity contribution in [3.05, 3.63) is 23.0 Å². The maximum atomic E-state index is 12.5. The van der Waals surface area contributed by atoms with Gasteiger partial charge in [0.15, 0.2) is 0 Å². The number of halogens is 3. The van der Waals surface area contributed by atoms with E-state index in [2.05, 4.69) is 4.98 Å². The van der Waals surface area contributed by atoms with Gasteiger partial charge in [0.05, 0.1) is 24.4 Å². The highest BCUT2D eigenvalue weighted by molar-refractivity contribution is 6.17. The van der Waals surface area contributed by atoms with E-state index in [4.69, 9.17) is 21.8 Å². The highest BCUT2D eigenvalue weighted by Crippen LogP contribution is 2.31. The van der Waals surface area contributed by atoms with E-state index in [-0.39, 0.29) is 17.1 Å². The van der Waals surface area contributed by atoms with Crippen molar-refractivity contribution in [3.63, 3.8) is 0 Å². The van der Waals surface area contributed by atoms with E-state index in [1.165, 1.54) is 0 Å². The third-order valence-electron chi connectivity index (χ3n) is 1.79. The first-order valence-electron chi connectivity index (χ1n) is 3.76. The van der Waals surface area contributed by atoms with Crippen molar-refractivity contribution in [3.8, 4) is 5.75 Å². The Labute approximate surface area is 84.0 Å². The highest BCUT2D eigenvalue weighted by Gasteiger charge is 2.20. The maximum Gasteiger partial charge on any atom is 0.266 e. The third kappa shape index (κ3) is 1.93. The van der Waals surface area contributed by atoms with Gasteiger partial charge in [0.1, 0.15) is 5.75 Å². The Kier molecular flexibility index (Phi) is 3.60. The maximum absolute atomic E-state index is 12.5. The van der Waals surface area contributed by atoms with Gasteiger partial charge in [-0.1, -0.05) is 0 Å². The molecule has 0 aliphatic carbocycles. The summed E-state index contributed by atoms with van der Waals surface area (Å²) in [5.74, 6) is -0.635. The van der Waals surface area contributed by atoms with Crippen LogP contribution in [-0.2, 0) is 12.5 Å². The van der Waals surface area contributed by atoms with E-state index < -0.39 is 24.3 Å². The Morgan fingerprint density at radius 3 is 2.57 bits per heavy atom. The lowest BCUT2D eigenvalue weighted by Crippen LogP contribution is -2.02. The second-order valence-electron chi connectivity index (χ2n) is 2.57. The molecule has 0 saturated carbocycles. The molecule has 0 unspecified atom stereocenters. The number of hydrogen-bond donors (Lipinski definition) is 2. The number of aromatic nitrogens is 1. The first-order valence-corrected chi connectivity index (χ1v) is 4.29. The molecule has 6 heteroatoms. The molecule has 1 aromatic rings. The quantitative estimate of drug-likeness (QED) is 0.771. The van der Waals surface area contributed by atoms with Gasteiger partial charge >= 0.3 is 0 Å². The summed E-state index contributed by atoms with van der Waals surface area (Å²) >= 11 is 5.40. The summed E-state index contributed by atoms with van der Waals surface area (Å²) in [6, 6.07) is 0. The average Bonchev–Trinajstić information content (AvgIpc) is 2.17. The number of aromatic hydroxyl groups is 1. The Morgan fingerprint density at radius 2 is 2.14 bits per heavy atom. The minimum absolute atomic E-state index is 0.0245. The summed E-state index contributed by atoms with van der Waals surface area (Å²) in [6.07, 6.45) is -1.82. The molecular weight excluding hydrogens is 216 g/mol. The fourth-order valence-electron chi connectivity index (χ4n) is 1.13. The van der Waals surface area contributed by atoms with Crippen LogP contribution in [0.5, 0.6) is 5.75 Å². The zero-order valence-corrected chi connectivity index (χ0v) is 7.80. The van der Waals surface area contributed by atoms with Crippen molar-refractivity contribution in [2.24, 2.45) is 0 Å². The predicted molar refractivity (Wildman–Crippen MR) is 46.3 cm³/mol. The number of aliphatic hydroxyl groups is 1. The number of pyridine rings is 1. The molecular formula is C8H8ClF2NO2. The Balaban J connectivity index is 3.36. The van der Waals surface area contributed by atoms with Crippen LogP contribution in [0, 0.1) is 0 Å². The second kappa shape index (κ2) is 4.52. The van der Waals surface area contributed by atoms with Crippen LogP contribution >= 0.6 is 11.6 Å². The van der Waals surface area contributed by atoms with E-state index in [1.807, 2.05) is 0 Å². The molecule has 0 bridgehead atoms. The van der Waals surface area contributed by atoms with Crippen LogP contribution in [0.15, 0.2) is 6.20 Å². The van der Waals surface area contributed by atoms with Crippen LogP contribution in [0.25, 0.3) is 0 Å². The Morgan fingerprint density at radius 1 is 1.50 bits per heavy atom. The van der Waals surface area contributed by atoms with Gasteiger partial charge in [-0.3, -0.25) is 4.98 Å². The van der Waals surface area contributed by atoms with Crippen LogP contribution in [0.3, 0.4) is 0 Å². The van der Waals surface area contributed by atoms with E-state index >= 15 is 0 Å². The van der Waals surface area contributed by atoms with Crippen LogP contribution in [-0.4, -0.2) is 15.2 Å². The van der Waals surface area contributed by atoms with Crippen molar-refractivity contribution in [1.29, 1.82) is 0 Å². The van der Waals surface area contributed by atoms with Gasteiger partial charge in [0.25, 0.3) is 6.43 Å². The van der Waals surface area contributed by atoms with Crippen LogP contribution < -0.4 is 0 Å². The van der Waals surface area contributed by atoms with Crippen LogP contribution in [0.4, 0.5) is 8.78 Å². The van der Waals surface area contributed by atoms with E-state index in [9.17, 15) is 8.78 Å². The Hall–Kier alpha value is -0.940. The molecule has 0 atom stereocenters. The number of alkyl halides is 3. The summed E-state index contributed by atoms with van der Waals surface area (Å²) in [4.78, 5) is 3.55. The second-order valence-corrected chi connectivity index (χ2v) is 2.84. The van der Waals surface area contributed by atoms with Crippen molar-refractivity contribution < 1.29 is 19.0 Å². The molecule has 2 N–H and O–H groups in total. The van der Waals surface area contributed by atoms with Gasteiger partial charge in [-0.2, -0.15) is 0 Å². The number of aliphatic hydroxyl groups excluding tert-OH is 1. The van der Waals surface area contributed by atoms with E-state index in [0.717, 1.165) is 6.20 Å². The van der Waals surface area contributed by atoms with Crippen molar-refractivity contribution in [2.45, 2.75) is 18.9 Å². The number of nitrogens with zero attached hydrogens (tertiary/aromatic N) is 1. The summed E-state index contributed by atoms with van der Waals surface area (Å²) in [5, 5.41) is 18.0. The molecule has 1 aromatic heterocycles. The molecule has 0 radical (unpaired) electrons. The number of hydrogen-bond acceptors (Lipinski definition) is 3. The van der Waals surface area contributed by atoms with Crippen LogP contribution in [0.2, 0.25) is 0 Å². The van der Waals surface area contributed by atoms with Gasteiger partial charge in [-0.25, -0.2) is 8.78 Å². The van der Waals surface area contributed by atoms with Gasteiger partial charge in [-0.05, 0) is 0 Å². The lowest BCUT2D eigenvalue weighted by molar-refractivity contribution is 0.144. The molecule has 0 aliphatic rings. The van der Waals surface area contributed by atoms with Gasteiger partial charge < -0.3 is 10.2 Å². The van der Waals surface area contributed by atoms with E-state index in [0.29, 0.717) is 0 Å². The fourth-order valence-corrected chi connectivity index (χ4v) is 1.34. The summed E-state index contributed by atoms with van der Waals surface area (Å²) in [6.45, 7) is -0.669. The lowest BCUT2D eigenvalue weighted by Gasteiger charge is -2.11. The standard InChI is InChI=1S/C8H8ClF2NO2/c9-1-5-7(8(10)11)4(3-13)6(14)2-12-5/h2,8,13-14H,1,3H2. The predicted octanol–water partition coefficient (Wildman–Crippen LogP) is 1.96. The molecule has 1 rings (SSSR count). The van der Waals surface area contributed by atoms with Gasteiger partial charge in [0.2, 0.25) is 0 Å². The molecule has 78 valence electrons. The first kappa shape index (κ1) is 11.1. The largest absolute Gasteiger partial charge is 0.506 e. The van der Waals surface area contributed by atoms with Gasteiger partial charge in [-0.15, -0.1) is 11.6 Å². The molecule has 0 spiro atoms. The topological polar surface area (TPSA) is 53.4 Å². The van der Waals surface area contributed by atoms with Crippen molar-refractivity contribution in [1.82, 2.24) is 4.98 Å². The SMILES string of the molecule is OCc1c(O)cnc(CCl)c1C(F)F. The molecule has 0 saturated heterocycles. The third-order valence-corrected chi connectivity index (χ3v) is 2.04. The van der Waals surface area contributed by atoms with Crippen LogP contribution in [0.1, 0.15) is 23.2 Å². The molecule has 3 nitrogen and oxygen atoms in total. The number of rotatable bonds is 3. The smallest absolute Gasteiger partial charge is 0.266 e. The molecule has 0 aromatic carbocycles. The zero-order valence-electron chi connectivity index (χ0n) is 7.04. The minimum atomic E-state index is -2.81. The first-order chi connectivity index (χ1) is 6.61. The molecule has 0 amide bonds. The molecule has 0 fully saturated rings. The van der Waals surface area contributed by atoms with Gasteiger partial charge in [0, 0.05) is 11.1 Å².